The van der Waals surface area contributed by atoms with E-state index in [9.17, 15) is 18.0 Å². The highest BCUT2D eigenvalue weighted by molar-refractivity contribution is 7.92. The Bertz CT molecular complexity index is 1490. The number of hydrogen-bond acceptors (Lipinski definition) is 5. The molecule has 224 valence electrons. The molecule has 3 aromatic carbocycles. The van der Waals surface area contributed by atoms with Gasteiger partial charge in [0.15, 0.2) is 0 Å². The van der Waals surface area contributed by atoms with E-state index in [0.717, 1.165) is 41.1 Å². The summed E-state index contributed by atoms with van der Waals surface area (Å²) < 4.78 is 34.2. The standard InChI is InChI=1S/C31H35Cl2N3O5S/c1-21-8-14-29(15-9-21)42(39,40)36(27-17-24(32)16-25(33)18-27)20-30(37)35(19-23-10-12-28(41-3)13-11-23)22(2)31(38)34-26-6-4-5-7-26/h8-18,22,26H,4-7,19-20H2,1-3H3,(H,34,38)/t22-/m1/s1. The van der Waals surface area contributed by atoms with E-state index in [-0.39, 0.29) is 39.1 Å². The number of hydrogen-bond donors (Lipinski definition) is 1. The van der Waals surface area contributed by atoms with Crippen molar-refractivity contribution in [3.8, 4) is 5.75 Å². The number of amides is 2. The smallest absolute Gasteiger partial charge is 0.264 e. The molecule has 1 aliphatic carbocycles. The van der Waals surface area contributed by atoms with Gasteiger partial charge in [-0.2, -0.15) is 0 Å². The van der Waals surface area contributed by atoms with Gasteiger partial charge in [0.05, 0.1) is 17.7 Å². The quantitative estimate of drug-likeness (QED) is 0.281. The third-order valence-electron chi connectivity index (χ3n) is 7.40. The molecular weight excluding hydrogens is 597 g/mol. The maximum atomic E-state index is 14.1. The van der Waals surface area contributed by atoms with E-state index in [2.05, 4.69) is 5.32 Å². The molecule has 0 heterocycles. The molecule has 1 aliphatic rings. The molecule has 1 saturated carbocycles. The average Bonchev–Trinajstić information content (AvgIpc) is 3.47. The minimum atomic E-state index is -4.23. The van der Waals surface area contributed by atoms with E-state index in [1.54, 1.807) is 50.4 Å². The first kappa shape index (κ1) is 31.7. The molecule has 0 saturated heterocycles. The van der Waals surface area contributed by atoms with E-state index in [1.807, 2.05) is 6.92 Å². The number of rotatable bonds is 11. The minimum Gasteiger partial charge on any atom is -0.497 e. The lowest BCUT2D eigenvalue weighted by Crippen LogP contribution is -2.52. The summed E-state index contributed by atoms with van der Waals surface area (Å²) in [6, 6.07) is 17.0. The fourth-order valence-electron chi connectivity index (χ4n) is 4.95. The van der Waals surface area contributed by atoms with Crippen LogP contribution < -0.4 is 14.4 Å². The summed E-state index contributed by atoms with van der Waals surface area (Å²) in [6.45, 7) is 3.01. The van der Waals surface area contributed by atoms with Crippen molar-refractivity contribution in [2.75, 3.05) is 18.0 Å². The molecule has 0 aliphatic heterocycles. The number of benzene rings is 3. The van der Waals surface area contributed by atoms with Crippen molar-refractivity contribution in [2.45, 2.75) is 63.1 Å². The molecule has 42 heavy (non-hydrogen) atoms. The van der Waals surface area contributed by atoms with Crippen LogP contribution >= 0.6 is 23.2 Å². The van der Waals surface area contributed by atoms with Crippen LogP contribution in [0.15, 0.2) is 71.6 Å². The molecule has 3 aromatic rings. The lowest BCUT2D eigenvalue weighted by atomic mass is 10.1. The number of methoxy groups -OCH3 is 1. The fourth-order valence-corrected chi connectivity index (χ4v) is 6.86. The predicted octanol–water partition coefficient (Wildman–Crippen LogP) is 5.98. The second-order valence-corrected chi connectivity index (χ2v) is 13.2. The number of carbonyl (C=O) groups is 2. The summed E-state index contributed by atoms with van der Waals surface area (Å²) in [6.07, 6.45) is 3.87. The van der Waals surface area contributed by atoms with Gasteiger partial charge in [0.1, 0.15) is 18.3 Å². The van der Waals surface area contributed by atoms with Crippen LogP contribution in [0.25, 0.3) is 0 Å². The van der Waals surface area contributed by atoms with Gasteiger partial charge in [-0.1, -0.05) is 65.9 Å². The zero-order chi connectivity index (χ0) is 30.4. The van der Waals surface area contributed by atoms with Crippen LogP contribution in [0.5, 0.6) is 5.75 Å². The Morgan fingerprint density at radius 2 is 1.57 bits per heavy atom. The van der Waals surface area contributed by atoms with Crippen molar-refractivity contribution in [1.82, 2.24) is 10.2 Å². The van der Waals surface area contributed by atoms with Crippen LogP contribution in [-0.2, 0) is 26.2 Å². The Morgan fingerprint density at radius 1 is 0.976 bits per heavy atom. The summed E-state index contributed by atoms with van der Waals surface area (Å²) in [7, 11) is -2.67. The first-order valence-corrected chi connectivity index (χ1v) is 16.0. The van der Waals surface area contributed by atoms with Crippen LogP contribution in [0.4, 0.5) is 5.69 Å². The van der Waals surface area contributed by atoms with Crippen molar-refractivity contribution in [3.05, 3.63) is 87.9 Å². The van der Waals surface area contributed by atoms with Crippen molar-refractivity contribution < 1.29 is 22.7 Å². The van der Waals surface area contributed by atoms with E-state index in [4.69, 9.17) is 27.9 Å². The molecular formula is C31H35Cl2N3O5S. The van der Waals surface area contributed by atoms with Crippen LogP contribution in [0.2, 0.25) is 10.0 Å². The number of nitrogens with one attached hydrogen (secondary N) is 1. The Hall–Kier alpha value is -3.27. The zero-order valence-electron chi connectivity index (χ0n) is 23.8. The van der Waals surface area contributed by atoms with Crippen LogP contribution in [0.3, 0.4) is 0 Å². The molecule has 0 aromatic heterocycles. The Labute approximate surface area is 257 Å². The largest absolute Gasteiger partial charge is 0.497 e. The molecule has 1 fully saturated rings. The normalized spacial score (nSPS) is 14.3. The highest BCUT2D eigenvalue weighted by Gasteiger charge is 2.33. The first-order valence-electron chi connectivity index (χ1n) is 13.8. The second kappa shape index (κ2) is 13.8. The van der Waals surface area contributed by atoms with E-state index < -0.39 is 28.5 Å². The third-order valence-corrected chi connectivity index (χ3v) is 9.63. The number of halogens is 2. The maximum absolute atomic E-state index is 14.1. The number of anilines is 1. The van der Waals surface area contributed by atoms with E-state index in [0.29, 0.717) is 5.75 Å². The molecule has 11 heteroatoms. The minimum absolute atomic E-state index is 0.00530. The summed E-state index contributed by atoms with van der Waals surface area (Å²) in [5, 5.41) is 3.49. The van der Waals surface area contributed by atoms with E-state index in [1.165, 1.54) is 35.2 Å². The number of carbonyl (C=O) groups excluding carboxylic acids is 2. The van der Waals surface area contributed by atoms with Crippen molar-refractivity contribution >= 4 is 50.7 Å². The van der Waals surface area contributed by atoms with Crippen molar-refractivity contribution in [2.24, 2.45) is 0 Å². The highest BCUT2D eigenvalue weighted by atomic mass is 35.5. The average molecular weight is 633 g/mol. The summed E-state index contributed by atoms with van der Waals surface area (Å²) in [4.78, 5) is 28.8. The van der Waals surface area contributed by atoms with Crippen molar-refractivity contribution in [1.29, 1.82) is 0 Å². The topological polar surface area (TPSA) is 96.0 Å². The molecule has 0 unspecified atom stereocenters. The predicted molar refractivity (Wildman–Crippen MR) is 166 cm³/mol. The second-order valence-electron chi connectivity index (χ2n) is 10.5. The van der Waals surface area contributed by atoms with Gasteiger partial charge in [-0.05, 0) is 74.7 Å². The van der Waals surface area contributed by atoms with Gasteiger partial charge < -0.3 is 15.0 Å². The van der Waals surface area contributed by atoms with Gasteiger partial charge in [-0.25, -0.2) is 8.42 Å². The molecule has 0 radical (unpaired) electrons. The van der Waals surface area contributed by atoms with Gasteiger partial charge in [0.2, 0.25) is 11.8 Å². The fraction of sp³-hybridized carbons (Fsp3) is 0.355. The molecule has 0 bridgehead atoms. The molecule has 4 rings (SSSR count). The van der Waals surface area contributed by atoms with Gasteiger partial charge in [-0.3, -0.25) is 13.9 Å². The molecule has 1 N–H and O–H groups in total. The summed E-state index contributed by atoms with van der Waals surface area (Å²) in [5.41, 5.74) is 1.77. The van der Waals surface area contributed by atoms with Gasteiger partial charge in [0, 0.05) is 22.6 Å². The number of sulfonamides is 1. The molecule has 0 spiro atoms. The van der Waals surface area contributed by atoms with Crippen LogP contribution in [0.1, 0.15) is 43.7 Å². The molecule has 1 atom stereocenters. The molecule has 8 nitrogen and oxygen atoms in total. The summed E-state index contributed by atoms with van der Waals surface area (Å²) in [5.74, 6) is -0.203. The van der Waals surface area contributed by atoms with Gasteiger partial charge >= 0.3 is 0 Å². The maximum Gasteiger partial charge on any atom is 0.264 e. The Kier molecular flexibility index (Phi) is 10.4. The first-order chi connectivity index (χ1) is 20.0. The van der Waals surface area contributed by atoms with Gasteiger partial charge in [-0.15, -0.1) is 0 Å². The van der Waals surface area contributed by atoms with Crippen LogP contribution in [0, 0.1) is 6.92 Å². The third kappa shape index (κ3) is 7.76. The summed E-state index contributed by atoms with van der Waals surface area (Å²) >= 11 is 12.5. The SMILES string of the molecule is COc1ccc(CN(C(=O)CN(c2cc(Cl)cc(Cl)c2)S(=O)(=O)c2ccc(C)cc2)[C@H](C)C(=O)NC2CCCC2)cc1. The van der Waals surface area contributed by atoms with Crippen molar-refractivity contribution in [3.63, 3.8) is 0 Å². The number of aryl methyl sites for hydroxylation is 1. The monoisotopic (exact) mass is 631 g/mol. The lowest BCUT2D eigenvalue weighted by molar-refractivity contribution is -0.139. The Balaban J connectivity index is 1.70. The Morgan fingerprint density at radius 3 is 2.14 bits per heavy atom. The lowest BCUT2D eigenvalue weighted by Gasteiger charge is -2.32. The van der Waals surface area contributed by atoms with Crippen LogP contribution in [-0.4, -0.2) is 50.9 Å². The van der Waals surface area contributed by atoms with Gasteiger partial charge in [0.25, 0.3) is 10.0 Å². The zero-order valence-corrected chi connectivity index (χ0v) is 26.2. The number of ether oxygens (including phenoxy) is 1. The number of nitrogens with zero attached hydrogens (tertiary/aromatic N) is 2. The van der Waals surface area contributed by atoms with E-state index >= 15 is 0 Å². The molecule has 2 amide bonds. The highest BCUT2D eigenvalue weighted by Crippen LogP contribution is 2.30.